The number of carbonyl (C=O) groups is 1. The molecule has 0 saturated carbocycles. The minimum atomic E-state index is -0.566. The van der Waals surface area contributed by atoms with E-state index in [4.69, 9.17) is 5.73 Å². The summed E-state index contributed by atoms with van der Waals surface area (Å²) in [5, 5.41) is 12.3. The lowest BCUT2D eigenvalue weighted by atomic mass is 10.1. The predicted molar refractivity (Wildman–Crippen MR) is 75.9 cm³/mol. The molecule has 0 fully saturated rings. The van der Waals surface area contributed by atoms with E-state index in [1.165, 1.54) is 0 Å². The van der Waals surface area contributed by atoms with Crippen LogP contribution in [0.2, 0.25) is 0 Å². The fourth-order valence-electron chi connectivity index (χ4n) is 1.76. The van der Waals surface area contributed by atoms with Gasteiger partial charge in [0.05, 0.1) is 6.10 Å². The number of anilines is 2. The van der Waals surface area contributed by atoms with E-state index in [9.17, 15) is 9.90 Å². The van der Waals surface area contributed by atoms with Crippen molar-refractivity contribution < 1.29 is 9.90 Å². The third kappa shape index (κ3) is 3.33. The molecule has 0 unspecified atom stereocenters. The first kappa shape index (κ1) is 13.1. The molecule has 4 nitrogen and oxygen atoms in total. The summed E-state index contributed by atoms with van der Waals surface area (Å²) in [6, 6.07) is 13.9. The highest BCUT2D eigenvalue weighted by Gasteiger charge is 2.07. The van der Waals surface area contributed by atoms with Crippen molar-refractivity contribution in [3.8, 4) is 0 Å². The van der Waals surface area contributed by atoms with E-state index in [1.807, 2.05) is 0 Å². The van der Waals surface area contributed by atoms with Gasteiger partial charge in [-0.05, 0) is 42.8 Å². The number of nitrogens with one attached hydrogen (secondary N) is 1. The lowest BCUT2D eigenvalue weighted by molar-refractivity contribution is 0.102. The molecule has 0 radical (unpaired) electrons. The number of amides is 1. The second-order valence-corrected chi connectivity index (χ2v) is 4.38. The minimum absolute atomic E-state index is 0.227. The standard InChI is InChI=1S/C15H16N2O2/c1-10(18)11-4-3-7-14(9-11)17-15(19)12-5-2-6-13(16)8-12/h2-10,18H,16H2,1H3,(H,17,19)/t10-/m0/s1. The fraction of sp³-hybridized carbons (Fsp3) is 0.133. The normalized spacial score (nSPS) is 11.9. The highest BCUT2D eigenvalue weighted by Crippen LogP contribution is 2.18. The Bertz CT molecular complexity index is 594. The van der Waals surface area contributed by atoms with E-state index in [1.54, 1.807) is 55.5 Å². The molecule has 4 heteroatoms. The summed E-state index contributed by atoms with van der Waals surface area (Å²) in [6.07, 6.45) is -0.566. The number of hydrogen-bond acceptors (Lipinski definition) is 3. The molecule has 0 aliphatic heterocycles. The second-order valence-electron chi connectivity index (χ2n) is 4.38. The Kier molecular flexibility index (Phi) is 3.82. The van der Waals surface area contributed by atoms with Crippen molar-refractivity contribution in [1.29, 1.82) is 0 Å². The molecule has 1 atom stereocenters. The van der Waals surface area contributed by atoms with Crippen LogP contribution in [-0.2, 0) is 0 Å². The van der Waals surface area contributed by atoms with Crippen molar-refractivity contribution in [2.45, 2.75) is 13.0 Å². The van der Waals surface area contributed by atoms with E-state index >= 15 is 0 Å². The fourth-order valence-corrected chi connectivity index (χ4v) is 1.76. The van der Waals surface area contributed by atoms with Crippen molar-refractivity contribution in [3.63, 3.8) is 0 Å². The van der Waals surface area contributed by atoms with Gasteiger partial charge in [-0.1, -0.05) is 18.2 Å². The molecule has 0 saturated heterocycles. The lowest BCUT2D eigenvalue weighted by Gasteiger charge is -2.09. The van der Waals surface area contributed by atoms with Crippen LogP contribution in [0.15, 0.2) is 48.5 Å². The molecule has 0 heterocycles. The second kappa shape index (κ2) is 5.54. The Morgan fingerprint density at radius 1 is 1.21 bits per heavy atom. The van der Waals surface area contributed by atoms with Gasteiger partial charge in [-0.15, -0.1) is 0 Å². The van der Waals surface area contributed by atoms with Gasteiger partial charge in [0.15, 0.2) is 0 Å². The van der Waals surface area contributed by atoms with Gasteiger partial charge in [-0.25, -0.2) is 0 Å². The predicted octanol–water partition coefficient (Wildman–Crippen LogP) is 2.57. The number of aliphatic hydroxyl groups is 1. The van der Waals surface area contributed by atoms with Crippen LogP contribution in [0.25, 0.3) is 0 Å². The van der Waals surface area contributed by atoms with Gasteiger partial charge in [-0.2, -0.15) is 0 Å². The molecular weight excluding hydrogens is 240 g/mol. The summed E-state index contributed by atoms with van der Waals surface area (Å²) in [5.74, 6) is -0.227. The topological polar surface area (TPSA) is 75.3 Å². The maximum absolute atomic E-state index is 12.0. The first-order chi connectivity index (χ1) is 9.06. The molecule has 1 amide bonds. The van der Waals surface area contributed by atoms with Crippen LogP contribution in [0.5, 0.6) is 0 Å². The van der Waals surface area contributed by atoms with Crippen molar-refractivity contribution in [2.75, 3.05) is 11.1 Å². The Balaban J connectivity index is 2.17. The molecule has 0 spiro atoms. The average Bonchev–Trinajstić information content (AvgIpc) is 2.39. The van der Waals surface area contributed by atoms with Crippen LogP contribution in [0.1, 0.15) is 28.9 Å². The molecule has 4 N–H and O–H groups in total. The van der Waals surface area contributed by atoms with Crippen LogP contribution in [-0.4, -0.2) is 11.0 Å². The summed E-state index contributed by atoms with van der Waals surface area (Å²) in [7, 11) is 0. The molecule has 2 aromatic rings. The van der Waals surface area contributed by atoms with Gasteiger partial charge in [-0.3, -0.25) is 4.79 Å². The van der Waals surface area contributed by atoms with Crippen LogP contribution in [0, 0.1) is 0 Å². The van der Waals surface area contributed by atoms with E-state index in [-0.39, 0.29) is 5.91 Å². The molecule has 2 rings (SSSR count). The molecule has 0 aliphatic rings. The van der Waals surface area contributed by atoms with E-state index in [2.05, 4.69) is 5.32 Å². The van der Waals surface area contributed by atoms with Gasteiger partial charge in [0.1, 0.15) is 0 Å². The maximum Gasteiger partial charge on any atom is 0.255 e. The third-order valence-electron chi connectivity index (χ3n) is 2.78. The molecular formula is C15H16N2O2. The lowest BCUT2D eigenvalue weighted by Crippen LogP contribution is -2.12. The number of hydrogen-bond donors (Lipinski definition) is 3. The SMILES string of the molecule is C[C@H](O)c1cccc(NC(=O)c2cccc(N)c2)c1. The number of nitrogen functional groups attached to an aromatic ring is 1. The van der Waals surface area contributed by atoms with Crippen molar-refractivity contribution in [3.05, 3.63) is 59.7 Å². The molecule has 0 aliphatic carbocycles. The van der Waals surface area contributed by atoms with Crippen LogP contribution in [0.4, 0.5) is 11.4 Å². The number of benzene rings is 2. The Labute approximate surface area is 111 Å². The van der Waals surface area contributed by atoms with Crippen molar-refractivity contribution in [1.82, 2.24) is 0 Å². The first-order valence-electron chi connectivity index (χ1n) is 6.01. The molecule has 19 heavy (non-hydrogen) atoms. The van der Waals surface area contributed by atoms with Gasteiger partial charge < -0.3 is 16.2 Å². The number of aliphatic hydroxyl groups excluding tert-OH is 1. The third-order valence-corrected chi connectivity index (χ3v) is 2.78. The first-order valence-corrected chi connectivity index (χ1v) is 6.01. The number of rotatable bonds is 3. The van der Waals surface area contributed by atoms with Gasteiger partial charge in [0.25, 0.3) is 5.91 Å². The Hall–Kier alpha value is -2.33. The number of carbonyl (C=O) groups excluding carboxylic acids is 1. The summed E-state index contributed by atoms with van der Waals surface area (Å²) in [6.45, 7) is 1.68. The zero-order valence-corrected chi connectivity index (χ0v) is 10.6. The van der Waals surface area contributed by atoms with E-state index in [0.29, 0.717) is 16.9 Å². The largest absolute Gasteiger partial charge is 0.399 e. The monoisotopic (exact) mass is 256 g/mol. The van der Waals surface area contributed by atoms with E-state index < -0.39 is 6.10 Å². The highest BCUT2D eigenvalue weighted by atomic mass is 16.3. The zero-order valence-electron chi connectivity index (χ0n) is 10.6. The minimum Gasteiger partial charge on any atom is -0.399 e. The van der Waals surface area contributed by atoms with Crippen LogP contribution >= 0.6 is 0 Å². The van der Waals surface area contributed by atoms with Crippen molar-refractivity contribution >= 4 is 17.3 Å². The zero-order chi connectivity index (χ0) is 13.8. The van der Waals surface area contributed by atoms with Gasteiger partial charge in [0, 0.05) is 16.9 Å². The van der Waals surface area contributed by atoms with Crippen molar-refractivity contribution in [2.24, 2.45) is 0 Å². The number of nitrogens with two attached hydrogens (primary N) is 1. The summed E-state index contributed by atoms with van der Waals surface area (Å²) < 4.78 is 0. The maximum atomic E-state index is 12.0. The molecule has 98 valence electrons. The average molecular weight is 256 g/mol. The quantitative estimate of drug-likeness (QED) is 0.739. The van der Waals surface area contributed by atoms with Gasteiger partial charge in [0.2, 0.25) is 0 Å². The summed E-state index contributed by atoms with van der Waals surface area (Å²) in [5.41, 5.74) is 8.09. The van der Waals surface area contributed by atoms with Crippen LogP contribution < -0.4 is 11.1 Å². The van der Waals surface area contributed by atoms with Gasteiger partial charge >= 0.3 is 0 Å². The van der Waals surface area contributed by atoms with Crippen LogP contribution in [0.3, 0.4) is 0 Å². The highest BCUT2D eigenvalue weighted by molar-refractivity contribution is 6.04. The smallest absolute Gasteiger partial charge is 0.255 e. The Morgan fingerprint density at radius 3 is 2.63 bits per heavy atom. The molecule has 0 aromatic heterocycles. The summed E-state index contributed by atoms with van der Waals surface area (Å²) in [4.78, 5) is 12.0. The van der Waals surface area contributed by atoms with E-state index in [0.717, 1.165) is 5.56 Å². The Morgan fingerprint density at radius 2 is 1.95 bits per heavy atom. The molecule has 2 aromatic carbocycles. The molecule has 0 bridgehead atoms. The summed E-state index contributed by atoms with van der Waals surface area (Å²) >= 11 is 0.